The first-order valence-corrected chi connectivity index (χ1v) is 9.84. The Bertz CT molecular complexity index is 581. The van der Waals surface area contributed by atoms with Gasteiger partial charge in [0.1, 0.15) is 0 Å². The Labute approximate surface area is 187 Å². The van der Waals surface area contributed by atoms with E-state index in [0.29, 0.717) is 24.2 Å². The first kappa shape index (κ1) is 26.6. The molecule has 0 aromatic heterocycles. The average Bonchev–Trinajstić information content (AvgIpc) is 2.64. The van der Waals surface area contributed by atoms with Crippen LogP contribution in [0, 0.1) is 0 Å². The number of rotatable bonds is 10. The van der Waals surface area contributed by atoms with Crippen molar-refractivity contribution in [2.45, 2.75) is 59.7 Å². The number of methoxy groups -OCH3 is 1. The van der Waals surface area contributed by atoms with Gasteiger partial charge in [0, 0.05) is 31.7 Å². The summed E-state index contributed by atoms with van der Waals surface area (Å²) < 4.78 is 4.72. The highest BCUT2D eigenvalue weighted by atomic mass is 127. The molecular weight excluding hydrogens is 467 g/mol. The molecule has 1 rings (SSSR count). The minimum atomic E-state index is -0.322. The van der Waals surface area contributed by atoms with E-state index in [0.717, 1.165) is 37.6 Å². The van der Waals surface area contributed by atoms with E-state index in [2.05, 4.69) is 55.1 Å². The van der Waals surface area contributed by atoms with E-state index in [-0.39, 0.29) is 29.9 Å². The minimum absolute atomic E-state index is 0. The number of nitrogens with zero attached hydrogens (tertiary/aromatic N) is 2. The van der Waals surface area contributed by atoms with Gasteiger partial charge in [-0.15, -0.1) is 24.0 Å². The highest BCUT2D eigenvalue weighted by Crippen LogP contribution is 2.07. The van der Waals surface area contributed by atoms with Crippen LogP contribution in [0.15, 0.2) is 29.3 Å². The largest absolute Gasteiger partial charge is 0.465 e. The van der Waals surface area contributed by atoms with E-state index in [1.54, 1.807) is 12.1 Å². The number of guanidine groups is 1. The van der Waals surface area contributed by atoms with Crippen molar-refractivity contribution in [1.82, 2.24) is 15.5 Å². The summed E-state index contributed by atoms with van der Waals surface area (Å²) in [6, 6.07) is 8.46. The Morgan fingerprint density at radius 2 is 1.71 bits per heavy atom. The fourth-order valence-corrected chi connectivity index (χ4v) is 2.96. The second-order valence-electron chi connectivity index (χ2n) is 7.09. The molecular formula is C21H37IN4O2. The van der Waals surface area contributed by atoms with Crippen molar-refractivity contribution in [1.29, 1.82) is 0 Å². The summed E-state index contributed by atoms with van der Waals surface area (Å²) in [7, 11) is 1.39. The molecule has 0 aliphatic rings. The summed E-state index contributed by atoms with van der Waals surface area (Å²) in [4.78, 5) is 18.6. The van der Waals surface area contributed by atoms with Crippen LogP contribution in [0.1, 0.15) is 57.0 Å². The zero-order valence-electron chi connectivity index (χ0n) is 18.1. The fourth-order valence-electron chi connectivity index (χ4n) is 2.96. The lowest BCUT2D eigenvalue weighted by atomic mass is 10.1. The summed E-state index contributed by atoms with van der Waals surface area (Å²) in [6.45, 7) is 14.3. The average molecular weight is 504 g/mol. The maximum absolute atomic E-state index is 11.5. The Morgan fingerprint density at radius 3 is 2.21 bits per heavy atom. The van der Waals surface area contributed by atoms with E-state index in [1.165, 1.54) is 7.11 Å². The van der Waals surface area contributed by atoms with Gasteiger partial charge in [-0.2, -0.15) is 0 Å². The molecule has 28 heavy (non-hydrogen) atoms. The van der Waals surface area contributed by atoms with Crippen LogP contribution in [0.5, 0.6) is 0 Å². The number of ether oxygens (including phenoxy) is 1. The normalized spacial score (nSPS) is 11.5. The van der Waals surface area contributed by atoms with Gasteiger partial charge in [0.2, 0.25) is 0 Å². The topological polar surface area (TPSA) is 66.0 Å². The van der Waals surface area contributed by atoms with E-state index >= 15 is 0 Å². The number of carbonyl (C=O) groups is 1. The SMILES string of the molecule is CCNC(=NCc1ccc(C(=O)OC)cc1)NCCCN(C(C)C)C(C)C.I. The number of nitrogens with one attached hydrogen (secondary N) is 2. The second kappa shape index (κ2) is 14.6. The molecule has 6 nitrogen and oxygen atoms in total. The third-order valence-electron chi connectivity index (χ3n) is 4.35. The Hall–Kier alpha value is -1.35. The summed E-state index contributed by atoms with van der Waals surface area (Å²) in [6.07, 6.45) is 1.06. The van der Waals surface area contributed by atoms with Crippen LogP contribution in [0.25, 0.3) is 0 Å². The first-order chi connectivity index (χ1) is 12.9. The summed E-state index contributed by atoms with van der Waals surface area (Å²) in [5, 5.41) is 6.68. The third-order valence-corrected chi connectivity index (χ3v) is 4.35. The molecule has 0 amide bonds. The highest BCUT2D eigenvalue weighted by molar-refractivity contribution is 14.0. The zero-order valence-corrected chi connectivity index (χ0v) is 20.4. The van der Waals surface area contributed by atoms with E-state index in [1.807, 2.05) is 12.1 Å². The Balaban J connectivity index is 0.00000729. The molecule has 0 aliphatic heterocycles. The maximum Gasteiger partial charge on any atom is 0.337 e. The van der Waals surface area contributed by atoms with Crippen molar-refractivity contribution in [2.24, 2.45) is 4.99 Å². The Kier molecular flexibility index (Phi) is 13.9. The molecule has 0 bridgehead atoms. The van der Waals surface area contributed by atoms with Crippen molar-refractivity contribution in [2.75, 3.05) is 26.7 Å². The molecule has 0 saturated heterocycles. The molecule has 0 aliphatic carbocycles. The highest BCUT2D eigenvalue weighted by Gasteiger charge is 2.12. The van der Waals surface area contributed by atoms with Crippen LogP contribution < -0.4 is 10.6 Å². The third kappa shape index (κ3) is 9.73. The first-order valence-electron chi connectivity index (χ1n) is 9.84. The standard InChI is InChI=1S/C21H36N4O2.HI/c1-7-22-21(23-13-8-14-25(16(2)3)17(4)5)24-15-18-9-11-19(12-10-18)20(26)27-6;/h9-12,16-17H,7-8,13-15H2,1-6H3,(H2,22,23,24);1H. The number of hydrogen-bond donors (Lipinski definition) is 2. The predicted molar refractivity (Wildman–Crippen MR) is 128 cm³/mol. The number of aliphatic imine (C=N–C) groups is 1. The van der Waals surface area contributed by atoms with Crippen LogP contribution in [-0.4, -0.2) is 55.7 Å². The van der Waals surface area contributed by atoms with Gasteiger partial charge >= 0.3 is 5.97 Å². The van der Waals surface area contributed by atoms with E-state index in [4.69, 9.17) is 4.74 Å². The van der Waals surface area contributed by atoms with Crippen LogP contribution in [0.2, 0.25) is 0 Å². The molecule has 0 saturated carbocycles. The van der Waals surface area contributed by atoms with Crippen molar-refractivity contribution in [3.8, 4) is 0 Å². The minimum Gasteiger partial charge on any atom is -0.465 e. The quantitative estimate of drug-likeness (QED) is 0.168. The predicted octanol–water partition coefficient (Wildman–Crippen LogP) is 3.66. The van der Waals surface area contributed by atoms with E-state index < -0.39 is 0 Å². The lowest BCUT2D eigenvalue weighted by Gasteiger charge is -2.30. The molecule has 0 spiro atoms. The van der Waals surface area contributed by atoms with Crippen LogP contribution >= 0.6 is 24.0 Å². The number of benzene rings is 1. The van der Waals surface area contributed by atoms with Crippen molar-refractivity contribution in [3.05, 3.63) is 35.4 Å². The van der Waals surface area contributed by atoms with Crippen molar-refractivity contribution < 1.29 is 9.53 Å². The van der Waals surface area contributed by atoms with Crippen LogP contribution in [0.3, 0.4) is 0 Å². The van der Waals surface area contributed by atoms with Crippen LogP contribution in [0.4, 0.5) is 0 Å². The van der Waals surface area contributed by atoms with Crippen molar-refractivity contribution >= 4 is 35.9 Å². The molecule has 0 unspecified atom stereocenters. The number of halogens is 1. The molecule has 7 heteroatoms. The summed E-state index contributed by atoms with van der Waals surface area (Å²) >= 11 is 0. The van der Waals surface area contributed by atoms with Gasteiger partial charge in [0.15, 0.2) is 5.96 Å². The number of hydrogen-bond acceptors (Lipinski definition) is 4. The smallest absolute Gasteiger partial charge is 0.337 e. The lowest BCUT2D eigenvalue weighted by molar-refractivity contribution is 0.0600. The van der Waals surface area contributed by atoms with Gasteiger partial charge in [0.25, 0.3) is 0 Å². The van der Waals surface area contributed by atoms with Gasteiger partial charge in [0.05, 0.1) is 19.2 Å². The van der Waals surface area contributed by atoms with Crippen molar-refractivity contribution in [3.63, 3.8) is 0 Å². The summed E-state index contributed by atoms with van der Waals surface area (Å²) in [5.41, 5.74) is 1.60. The molecule has 1 aromatic rings. The van der Waals surface area contributed by atoms with Gasteiger partial charge in [-0.3, -0.25) is 4.90 Å². The lowest BCUT2D eigenvalue weighted by Crippen LogP contribution is -2.41. The molecule has 0 fully saturated rings. The van der Waals surface area contributed by atoms with Gasteiger partial charge in [-0.25, -0.2) is 9.79 Å². The number of carbonyl (C=O) groups excluding carboxylic acids is 1. The fraction of sp³-hybridized carbons (Fsp3) is 0.619. The molecule has 0 heterocycles. The molecule has 2 N–H and O–H groups in total. The van der Waals surface area contributed by atoms with Gasteiger partial charge in [-0.05, 0) is 58.7 Å². The second-order valence-corrected chi connectivity index (χ2v) is 7.09. The molecule has 0 atom stereocenters. The Morgan fingerprint density at radius 1 is 1.11 bits per heavy atom. The van der Waals surface area contributed by atoms with Crippen LogP contribution in [-0.2, 0) is 11.3 Å². The summed E-state index contributed by atoms with van der Waals surface area (Å²) in [5.74, 6) is 0.493. The molecule has 1 aromatic carbocycles. The molecule has 0 radical (unpaired) electrons. The number of esters is 1. The van der Waals surface area contributed by atoms with E-state index in [9.17, 15) is 4.79 Å². The molecule has 160 valence electrons. The monoisotopic (exact) mass is 504 g/mol. The van der Waals surface area contributed by atoms with Gasteiger partial charge in [-0.1, -0.05) is 12.1 Å². The zero-order chi connectivity index (χ0) is 20.2. The maximum atomic E-state index is 11.5. The van der Waals surface area contributed by atoms with Gasteiger partial charge < -0.3 is 15.4 Å².